The predicted molar refractivity (Wildman–Crippen MR) is 251 cm³/mol. The van der Waals surface area contributed by atoms with Crippen LogP contribution in [0, 0.1) is 11.8 Å². The van der Waals surface area contributed by atoms with E-state index in [1.807, 2.05) is 29.2 Å². The number of nitrogens with one attached hydrogen (secondary N) is 5. The van der Waals surface area contributed by atoms with Gasteiger partial charge in [0.2, 0.25) is 17.8 Å². The van der Waals surface area contributed by atoms with Crippen molar-refractivity contribution in [3.63, 3.8) is 0 Å². The van der Waals surface area contributed by atoms with Crippen molar-refractivity contribution in [2.45, 2.75) is 93.3 Å². The van der Waals surface area contributed by atoms with Gasteiger partial charge < -0.3 is 35.8 Å². The topological polar surface area (TPSA) is 204 Å². The van der Waals surface area contributed by atoms with Gasteiger partial charge in [0.05, 0.1) is 30.0 Å². The second-order valence-electron chi connectivity index (χ2n) is 17.2. The molecule has 5 N–H and O–H groups in total. The lowest BCUT2D eigenvalue weighted by Crippen LogP contribution is -2.52. The minimum Gasteiger partial charge on any atom is -0.379 e. The van der Waals surface area contributed by atoms with Crippen LogP contribution in [0.25, 0.3) is 0 Å². The molecule has 0 radical (unpaired) electrons. The number of nitrogens with zero attached hydrogens (tertiary/aromatic N) is 4. The van der Waals surface area contributed by atoms with E-state index in [0.29, 0.717) is 74.8 Å². The second-order valence-corrected chi connectivity index (χ2v) is 19.6. The quantitative estimate of drug-likeness (QED) is 0.0559. The Morgan fingerprint density at radius 3 is 2.44 bits per heavy atom. The number of benzene rings is 3. The predicted octanol–water partition coefficient (Wildman–Crippen LogP) is 6.03. The van der Waals surface area contributed by atoms with Crippen LogP contribution in [0.3, 0.4) is 0 Å². The van der Waals surface area contributed by atoms with Crippen molar-refractivity contribution in [3.05, 3.63) is 100 Å². The lowest BCUT2D eigenvalue weighted by molar-refractivity contribution is -0.136. The molecule has 3 aromatic carbocycles. The van der Waals surface area contributed by atoms with Gasteiger partial charge in [0, 0.05) is 74.2 Å². The van der Waals surface area contributed by atoms with Gasteiger partial charge >= 0.3 is 6.03 Å². The van der Waals surface area contributed by atoms with Crippen LogP contribution in [0.2, 0.25) is 5.02 Å². The maximum Gasteiger partial charge on any atom is 0.317 e. The first-order valence-electron chi connectivity index (χ1n) is 22.5. The summed E-state index contributed by atoms with van der Waals surface area (Å²) in [5.41, 5.74) is 4.57. The number of urea groups is 1. The smallest absolute Gasteiger partial charge is 0.317 e. The molecule has 8 rings (SSSR count). The number of anilines is 4. The van der Waals surface area contributed by atoms with E-state index >= 15 is 0 Å². The molecule has 4 aromatic rings. The zero-order valence-corrected chi connectivity index (χ0v) is 38.3. The zero-order valence-electron chi connectivity index (χ0n) is 36.8. The number of carbonyl (C=O) groups is 4. The number of rotatable bonds is 14. The molecule has 1 saturated carbocycles. The maximum atomic E-state index is 13.2. The number of piperidine rings is 2. The highest BCUT2D eigenvalue weighted by Crippen LogP contribution is 2.32. The van der Waals surface area contributed by atoms with Crippen molar-refractivity contribution in [1.82, 2.24) is 35.7 Å². The Labute approximate surface area is 389 Å². The molecule has 3 aliphatic heterocycles. The molecule has 0 bridgehead atoms. The number of sulfone groups is 1. The number of fused-ring (bicyclic) bond motifs is 1. The number of carbonyl (C=O) groups excluding carboxylic acids is 4. The molecule has 1 atom stereocenters. The lowest BCUT2D eigenvalue weighted by Gasteiger charge is -2.35. The lowest BCUT2D eigenvalue weighted by atomic mass is 9.89. The number of para-hydroxylation sites is 1. The molecule has 18 heteroatoms. The third-order valence-electron chi connectivity index (χ3n) is 12.6. The van der Waals surface area contributed by atoms with Gasteiger partial charge in [0.15, 0.2) is 15.7 Å². The highest BCUT2D eigenvalue weighted by molar-refractivity contribution is 7.90. The SMILES string of the molecule is CS(=O)(=O)c1ccccc1Nc1nc(Nc2ccc(C3CCN(C(=O)N[C@H]4CC[C@@H](NCCOCCC#Cc5ccc6c(c5)CN(C5CCC(=O)NC5=O)C6=O)CC4)CC3)cc2)ncc1Cl. The molecule has 5 amide bonds. The van der Waals surface area contributed by atoms with Gasteiger partial charge in [0.25, 0.3) is 5.91 Å². The summed E-state index contributed by atoms with van der Waals surface area (Å²) in [6.45, 7) is 3.55. The fraction of sp³-hybridized carbons (Fsp3) is 0.417. The highest BCUT2D eigenvalue weighted by Gasteiger charge is 2.39. The van der Waals surface area contributed by atoms with Crippen LogP contribution in [0.1, 0.15) is 90.8 Å². The Hall–Kier alpha value is -6.06. The Balaban J connectivity index is 0.689. The van der Waals surface area contributed by atoms with Crippen molar-refractivity contribution in [2.24, 2.45) is 0 Å². The average molecular weight is 937 g/mol. The van der Waals surface area contributed by atoms with Crippen LogP contribution in [0.5, 0.6) is 0 Å². The molecule has 1 unspecified atom stereocenters. The number of imide groups is 1. The molecular weight excluding hydrogens is 882 g/mol. The zero-order chi connectivity index (χ0) is 46.2. The molecule has 1 aliphatic carbocycles. The molecule has 66 heavy (non-hydrogen) atoms. The number of aromatic nitrogens is 2. The van der Waals surface area contributed by atoms with Crippen LogP contribution >= 0.6 is 11.6 Å². The molecule has 1 aromatic heterocycles. The van der Waals surface area contributed by atoms with Crippen LogP contribution in [-0.4, -0.2) is 109 Å². The Morgan fingerprint density at radius 2 is 1.68 bits per heavy atom. The summed E-state index contributed by atoms with van der Waals surface area (Å²) in [4.78, 5) is 62.4. The Bertz CT molecular complexity index is 2620. The Kier molecular flexibility index (Phi) is 14.8. The molecule has 346 valence electrons. The first-order valence-corrected chi connectivity index (χ1v) is 24.7. The number of ether oxygens (including phenoxy) is 1. The molecule has 3 fully saturated rings. The van der Waals surface area contributed by atoms with Crippen molar-refractivity contribution in [2.75, 3.05) is 49.7 Å². The van der Waals surface area contributed by atoms with Crippen molar-refractivity contribution >= 4 is 68.3 Å². The molecule has 4 aliphatic rings. The Morgan fingerprint density at radius 1 is 0.924 bits per heavy atom. The van der Waals surface area contributed by atoms with E-state index in [-0.39, 0.29) is 46.0 Å². The van der Waals surface area contributed by atoms with Gasteiger partial charge in [-0.05, 0) is 104 Å². The van der Waals surface area contributed by atoms with Crippen LogP contribution < -0.4 is 26.6 Å². The fourth-order valence-corrected chi connectivity index (χ4v) is 9.99. The number of hydrogen-bond acceptors (Lipinski definition) is 12. The molecule has 16 nitrogen and oxygen atoms in total. The van der Waals surface area contributed by atoms with Crippen LogP contribution in [0.15, 0.2) is 77.8 Å². The second kappa shape index (κ2) is 21.1. The summed E-state index contributed by atoms with van der Waals surface area (Å²) >= 11 is 6.36. The third kappa shape index (κ3) is 11.7. The summed E-state index contributed by atoms with van der Waals surface area (Å²) in [5, 5.41) is 15.7. The molecule has 4 heterocycles. The summed E-state index contributed by atoms with van der Waals surface area (Å²) < 4.78 is 30.4. The van der Waals surface area contributed by atoms with Gasteiger partial charge in [-0.1, -0.05) is 47.7 Å². The number of halogens is 1. The van der Waals surface area contributed by atoms with E-state index in [9.17, 15) is 27.6 Å². The van der Waals surface area contributed by atoms with Crippen LogP contribution in [-0.2, 0) is 30.7 Å². The van der Waals surface area contributed by atoms with E-state index in [1.54, 1.807) is 24.3 Å². The van der Waals surface area contributed by atoms with E-state index in [0.717, 1.165) is 68.1 Å². The molecule has 0 spiro atoms. The number of likely N-dealkylation sites (tertiary alicyclic amines) is 1. The number of amides is 5. The first kappa shape index (κ1) is 46.5. The van der Waals surface area contributed by atoms with Crippen molar-refractivity contribution in [3.8, 4) is 11.8 Å². The van der Waals surface area contributed by atoms with Crippen molar-refractivity contribution in [1.29, 1.82) is 0 Å². The summed E-state index contributed by atoms with van der Waals surface area (Å²) in [6, 6.07) is 20.1. The minimum absolute atomic E-state index is 0.0141. The molecular formula is C48H54ClN9O7S. The minimum atomic E-state index is -3.48. The largest absolute Gasteiger partial charge is 0.379 e. The average Bonchev–Trinajstić information content (AvgIpc) is 3.63. The van der Waals surface area contributed by atoms with E-state index in [2.05, 4.69) is 60.5 Å². The van der Waals surface area contributed by atoms with Gasteiger partial charge in [-0.15, -0.1) is 0 Å². The van der Waals surface area contributed by atoms with Crippen molar-refractivity contribution < 1.29 is 32.3 Å². The summed E-state index contributed by atoms with van der Waals surface area (Å²) in [6.07, 6.45) is 9.33. The third-order valence-corrected chi connectivity index (χ3v) is 14.0. The summed E-state index contributed by atoms with van der Waals surface area (Å²) in [5.74, 6) is 6.30. The number of hydrogen-bond donors (Lipinski definition) is 5. The van der Waals surface area contributed by atoms with Gasteiger partial charge in [0.1, 0.15) is 11.1 Å². The van der Waals surface area contributed by atoms with E-state index in [4.69, 9.17) is 16.3 Å². The van der Waals surface area contributed by atoms with Gasteiger partial charge in [-0.25, -0.2) is 18.2 Å². The van der Waals surface area contributed by atoms with Crippen LogP contribution in [0.4, 0.5) is 27.9 Å². The maximum absolute atomic E-state index is 13.2. The van der Waals surface area contributed by atoms with E-state index < -0.39 is 21.8 Å². The van der Waals surface area contributed by atoms with Gasteiger partial charge in [-0.2, -0.15) is 4.98 Å². The first-order chi connectivity index (χ1) is 31.9. The highest BCUT2D eigenvalue weighted by atomic mass is 35.5. The van der Waals surface area contributed by atoms with E-state index in [1.165, 1.54) is 22.7 Å². The monoisotopic (exact) mass is 935 g/mol. The normalized spacial score (nSPS) is 20.0. The molecule has 2 saturated heterocycles. The van der Waals surface area contributed by atoms with Gasteiger partial charge in [-0.3, -0.25) is 19.7 Å². The summed E-state index contributed by atoms with van der Waals surface area (Å²) in [7, 11) is -3.48. The fourth-order valence-electron chi connectivity index (χ4n) is 9.00. The standard InChI is InChI=1S/C48H54ClN9O7S/c1-66(63,64)42-8-3-2-7-40(42)54-44-39(49)29-51-47(56-44)52-36-12-10-32(11-13-36)33-21-24-57(25-22-33)48(62)53-37-16-14-35(15-17-37)50-23-27-65-26-5-4-6-31-9-18-38-34(28-31)30-58(46(38)61)41-19-20-43(59)55-45(41)60/h2-3,7-13,18,28-29,33,35,37,41,50H,5,14-17,19-27,30H2,1H3,(H,53,62)(H,55,59,60)(H2,51,52,54,56)/t35-,37+,41?.